The van der Waals surface area contributed by atoms with Crippen molar-refractivity contribution in [1.82, 2.24) is 9.80 Å². The first kappa shape index (κ1) is 41.3. The lowest BCUT2D eigenvalue weighted by Crippen LogP contribution is -2.51. The van der Waals surface area contributed by atoms with Gasteiger partial charge in [-0.2, -0.15) is 0 Å². The molecule has 0 aromatic heterocycles. The molecule has 1 aromatic rings. The average Bonchev–Trinajstić information content (AvgIpc) is 3.85. The van der Waals surface area contributed by atoms with Crippen molar-refractivity contribution in [2.45, 2.75) is 114 Å². The number of ether oxygens (including phenoxy) is 5. The van der Waals surface area contributed by atoms with E-state index in [1.807, 2.05) is 44.9 Å². The van der Waals surface area contributed by atoms with Crippen molar-refractivity contribution in [3.63, 3.8) is 0 Å². The number of allylic oxidation sites excluding steroid dienone is 3. The number of methoxy groups -OCH3 is 2. The van der Waals surface area contributed by atoms with Crippen molar-refractivity contribution in [3.05, 3.63) is 46.5 Å². The van der Waals surface area contributed by atoms with Crippen LogP contribution >= 0.6 is 11.6 Å². The van der Waals surface area contributed by atoms with E-state index >= 15 is 0 Å². The van der Waals surface area contributed by atoms with E-state index in [0.717, 1.165) is 11.1 Å². The molecule has 0 saturated carbocycles. The fourth-order valence-electron chi connectivity index (χ4n) is 6.57. The zero-order chi connectivity index (χ0) is 38.5. The predicted molar refractivity (Wildman–Crippen MR) is 195 cm³/mol. The summed E-state index contributed by atoms with van der Waals surface area (Å²) in [6.45, 7) is 8.10. The van der Waals surface area contributed by atoms with Crippen LogP contribution in [0.2, 0.25) is 5.02 Å². The zero-order valence-corrected chi connectivity index (χ0v) is 32.5. The number of hydrogen-bond donors (Lipinski definition) is 1. The molecule has 2 fully saturated rings. The van der Waals surface area contributed by atoms with Crippen molar-refractivity contribution in [2.75, 3.05) is 46.8 Å². The van der Waals surface area contributed by atoms with Gasteiger partial charge in [0.1, 0.15) is 46.8 Å². The number of amides is 2. The molecule has 4 bridgehead atoms. The first-order valence-electron chi connectivity index (χ1n) is 17.7. The van der Waals surface area contributed by atoms with E-state index in [1.165, 1.54) is 24.0 Å². The van der Waals surface area contributed by atoms with Gasteiger partial charge in [0.15, 0.2) is 0 Å². The third-order valence-electron chi connectivity index (χ3n) is 10.3. The van der Waals surface area contributed by atoms with Gasteiger partial charge >= 0.3 is 11.9 Å². The summed E-state index contributed by atoms with van der Waals surface area (Å²) in [7, 11) is 8.02. The Labute approximate surface area is 311 Å². The number of nitrogens with zero attached hydrogens (tertiary/aromatic N) is 3. The number of halogens is 1. The summed E-state index contributed by atoms with van der Waals surface area (Å²) < 4.78 is 28.8. The lowest BCUT2D eigenvalue weighted by molar-refractivity contribution is -0.182. The van der Waals surface area contributed by atoms with Crippen LogP contribution in [0, 0.1) is 0 Å². The zero-order valence-electron chi connectivity index (χ0n) is 31.7. The second kappa shape index (κ2) is 17.6. The summed E-state index contributed by atoms with van der Waals surface area (Å²) in [6.07, 6.45) is 2.00. The highest BCUT2D eigenvalue weighted by molar-refractivity contribution is 6.35. The Hall–Kier alpha value is -3.49. The number of fused-ring (bicyclic) bond motifs is 5. The normalized spacial score (nSPS) is 29.1. The van der Waals surface area contributed by atoms with E-state index in [2.05, 4.69) is 0 Å². The Balaban J connectivity index is 1.65. The second-order valence-corrected chi connectivity index (χ2v) is 14.8. The van der Waals surface area contributed by atoms with E-state index in [0.29, 0.717) is 24.4 Å². The van der Waals surface area contributed by atoms with E-state index in [-0.39, 0.29) is 49.1 Å². The number of epoxide rings is 1. The van der Waals surface area contributed by atoms with Crippen LogP contribution in [0.1, 0.15) is 65.4 Å². The van der Waals surface area contributed by atoms with Crippen LogP contribution in [0.25, 0.3) is 0 Å². The molecule has 14 heteroatoms. The highest BCUT2D eigenvalue weighted by Gasteiger charge is 2.52. The molecular weight excluding hydrogens is 694 g/mol. The van der Waals surface area contributed by atoms with Crippen molar-refractivity contribution in [2.24, 2.45) is 0 Å². The van der Waals surface area contributed by atoms with Gasteiger partial charge in [0.05, 0.1) is 31.7 Å². The fraction of sp³-hybridized carbons (Fsp3) is 0.632. The van der Waals surface area contributed by atoms with Gasteiger partial charge in [-0.05, 0) is 58.9 Å². The van der Waals surface area contributed by atoms with Gasteiger partial charge < -0.3 is 43.5 Å². The van der Waals surface area contributed by atoms with Crippen LogP contribution < -0.4 is 9.64 Å². The highest BCUT2D eigenvalue weighted by Crippen LogP contribution is 2.40. The Morgan fingerprint density at radius 3 is 2.54 bits per heavy atom. The van der Waals surface area contributed by atoms with Gasteiger partial charge in [0.2, 0.25) is 11.8 Å². The van der Waals surface area contributed by atoms with Gasteiger partial charge in [-0.1, -0.05) is 35.4 Å². The monoisotopic (exact) mass is 747 g/mol. The smallest absolute Gasteiger partial charge is 0.328 e. The Morgan fingerprint density at radius 2 is 1.88 bits per heavy atom. The van der Waals surface area contributed by atoms with Crippen molar-refractivity contribution < 1.29 is 48.0 Å². The number of carbonyl (C=O) groups excluding carboxylic acids is 4. The number of carbonyl (C=O) groups is 4. The molecular formula is C38H54ClN3O10. The quantitative estimate of drug-likeness (QED) is 0.290. The summed E-state index contributed by atoms with van der Waals surface area (Å²) in [5.41, 5.74) is 0.647. The van der Waals surface area contributed by atoms with Crippen LogP contribution in [-0.4, -0.2) is 129 Å². The van der Waals surface area contributed by atoms with E-state index in [4.69, 9.17) is 35.3 Å². The van der Waals surface area contributed by atoms with E-state index in [1.54, 1.807) is 39.2 Å². The number of aliphatic hydroxyl groups is 1. The lowest BCUT2D eigenvalue weighted by Gasteiger charge is -2.39. The minimum atomic E-state index is -1.54. The fourth-order valence-corrected chi connectivity index (χ4v) is 6.89. The molecule has 3 aliphatic rings. The maximum atomic E-state index is 13.9. The van der Waals surface area contributed by atoms with Gasteiger partial charge in [0, 0.05) is 53.1 Å². The van der Waals surface area contributed by atoms with Crippen molar-refractivity contribution >= 4 is 41.0 Å². The minimum Gasteiger partial charge on any atom is -0.495 e. The molecule has 0 aliphatic carbocycles. The molecule has 1 aromatic carbocycles. The molecule has 52 heavy (non-hydrogen) atoms. The van der Waals surface area contributed by atoms with Crippen molar-refractivity contribution in [1.29, 1.82) is 0 Å². The molecule has 288 valence electrons. The summed E-state index contributed by atoms with van der Waals surface area (Å²) in [6, 6.07) is 2.92. The first-order chi connectivity index (χ1) is 24.5. The topological polar surface area (TPSA) is 148 Å². The number of anilines is 1. The summed E-state index contributed by atoms with van der Waals surface area (Å²) in [4.78, 5) is 58.1. The van der Waals surface area contributed by atoms with Gasteiger partial charge in [-0.3, -0.25) is 14.4 Å². The molecule has 13 nitrogen and oxygen atoms in total. The molecule has 1 N–H and O–H groups in total. The molecule has 2 amide bonds. The minimum absolute atomic E-state index is 0.0864. The molecule has 7 atom stereocenters. The largest absolute Gasteiger partial charge is 0.495 e. The van der Waals surface area contributed by atoms with E-state index in [9.17, 15) is 24.3 Å². The summed E-state index contributed by atoms with van der Waals surface area (Å²) in [5.74, 6) is -1.51. The van der Waals surface area contributed by atoms with Crippen LogP contribution in [-0.2, 0) is 44.5 Å². The molecule has 3 aliphatic heterocycles. The molecule has 0 unspecified atom stereocenters. The second-order valence-electron chi connectivity index (χ2n) is 14.5. The Morgan fingerprint density at radius 1 is 1.17 bits per heavy atom. The summed E-state index contributed by atoms with van der Waals surface area (Å²) >= 11 is 6.73. The molecule has 2 saturated heterocycles. The lowest BCUT2D eigenvalue weighted by atomic mass is 9.83. The number of likely N-dealkylation sites (N-methyl/N-ethyl adjacent to an activating group) is 1. The van der Waals surface area contributed by atoms with Crippen LogP contribution in [0.3, 0.4) is 0 Å². The summed E-state index contributed by atoms with van der Waals surface area (Å²) in [5, 5.41) is 11.9. The Kier molecular flexibility index (Phi) is 13.9. The number of benzene rings is 1. The van der Waals surface area contributed by atoms with Crippen LogP contribution in [0.15, 0.2) is 35.9 Å². The third-order valence-corrected chi connectivity index (χ3v) is 10.7. The van der Waals surface area contributed by atoms with Gasteiger partial charge in [-0.25, -0.2) is 4.79 Å². The molecule has 0 spiro atoms. The van der Waals surface area contributed by atoms with E-state index < -0.39 is 60.0 Å². The number of hydrogen-bond acceptors (Lipinski definition) is 11. The molecule has 0 radical (unpaired) electrons. The van der Waals surface area contributed by atoms with Crippen LogP contribution in [0.4, 0.5) is 5.69 Å². The Bertz CT molecular complexity index is 1550. The van der Waals surface area contributed by atoms with Crippen LogP contribution in [0.5, 0.6) is 5.75 Å². The van der Waals surface area contributed by atoms with Crippen molar-refractivity contribution in [3.8, 4) is 5.75 Å². The maximum absolute atomic E-state index is 13.9. The predicted octanol–water partition coefficient (Wildman–Crippen LogP) is 3.86. The molecule has 3 heterocycles. The SMILES string of the molecule is COc1cc2cc(c1Cl)N(C)C(=O)C[C@H](OC(=O)[C@H](C)N(C)C(=O)CCN(C)C(C)C)[C@@H]1O[C@H]1C[C@@H]1C[C@@](O)(CC(=O)O1)[C@H](OC)/C=C/C=C(\C)C2. The maximum Gasteiger partial charge on any atom is 0.328 e. The third kappa shape index (κ3) is 10.1. The molecule has 4 rings (SSSR count). The van der Waals surface area contributed by atoms with Gasteiger partial charge in [-0.15, -0.1) is 0 Å². The number of rotatable bonds is 9. The highest BCUT2D eigenvalue weighted by atomic mass is 35.5. The number of esters is 2. The first-order valence-corrected chi connectivity index (χ1v) is 18.1. The standard InChI is InChI=1S/C38H54ClN3O10/c1-22(2)40(5)14-13-32(43)41(6)24(4)37(46)52-30-19-33(44)42(7)27-16-25(17-28(48-8)35(27)39)15-23(3)11-10-12-31(49-9)38(47)20-26(50-34(45)21-38)18-29-36(30)51-29/h10-12,16-17,22,24,26,29-31,36,47H,13-15,18-21H2,1-9H3/b12-10+,23-11+/t24-,26+,29-,30-,31+,36+,38+/m0/s1. The average molecular weight is 748 g/mol. The van der Waals surface area contributed by atoms with Gasteiger partial charge in [0.25, 0.3) is 0 Å².